The van der Waals surface area contributed by atoms with Crippen LogP contribution in [0.5, 0.6) is 0 Å². The highest BCUT2D eigenvalue weighted by Crippen LogP contribution is 2.37. The normalized spacial score (nSPS) is 18.4. The van der Waals surface area contributed by atoms with Gasteiger partial charge in [0.15, 0.2) is 5.78 Å². The maximum Gasteiger partial charge on any atom is 0.316 e. The molecule has 3 heteroatoms. The Morgan fingerprint density at radius 2 is 2.06 bits per heavy atom. The molecule has 0 saturated heterocycles. The van der Waals surface area contributed by atoms with Crippen molar-refractivity contribution in [3.8, 4) is 0 Å². The van der Waals surface area contributed by atoms with Crippen LogP contribution in [-0.2, 0) is 20.7 Å². The van der Waals surface area contributed by atoms with E-state index in [0.29, 0.717) is 13.0 Å². The summed E-state index contributed by atoms with van der Waals surface area (Å²) in [5, 5.41) is 0. The fourth-order valence-electron chi connectivity index (χ4n) is 2.48. The molecule has 1 aromatic rings. The molecular formula is C15H18O3. The maximum absolute atomic E-state index is 12.3. The van der Waals surface area contributed by atoms with Gasteiger partial charge in [-0.15, -0.1) is 0 Å². The van der Waals surface area contributed by atoms with E-state index in [0.717, 1.165) is 12.0 Å². The number of ketones is 1. The van der Waals surface area contributed by atoms with Gasteiger partial charge in [0.05, 0.1) is 6.61 Å². The van der Waals surface area contributed by atoms with Gasteiger partial charge in [0.25, 0.3) is 0 Å². The summed E-state index contributed by atoms with van der Waals surface area (Å²) in [6.07, 6.45) is 1.27. The molecule has 0 saturated carbocycles. The van der Waals surface area contributed by atoms with E-state index in [1.54, 1.807) is 6.92 Å². The molecule has 2 atom stereocenters. The molecule has 1 aliphatic rings. The molecule has 0 heterocycles. The molecule has 0 bridgehead atoms. The average molecular weight is 246 g/mol. The standard InChI is InChI=1S/C15H18O3/c1-3-11(15(17)18-4-2)14(16)13-9-10-7-5-6-8-12(10)13/h5-8,11,13H,3-4,9H2,1-2H3. The second-order valence-electron chi connectivity index (χ2n) is 4.57. The molecule has 1 aromatic carbocycles. The largest absolute Gasteiger partial charge is 0.465 e. The molecule has 0 radical (unpaired) electrons. The van der Waals surface area contributed by atoms with Crippen molar-refractivity contribution in [2.24, 2.45) is 5.92 Å². The average Bonchev–Trinajstić information content (AvgIpc) is 2.32. The SMILES string of the molecule is CCOC(=O)C(CC)C(=O)C1Cc2ccccc21. The molecule has 0 N–H and O–H groups in total. The first kappa shape index (κ1) is 12.8. The third kappa shape index (κ3) is 2.17. The van der Waals surface area contributed by atoms with E-state index in [-0.39, 0.29) is 17.7 Å². The fraction of sp³-hybridized carbons (Fsp3) is 0.467. The molecule has 96 valence electrons. The number of esters is 1. The van der Waals surface area contributed by atoms with E-state index < -0.39 is 5.92 Å². The quantitative estimate of drug-likeness (QED) is 0.592. The van der Waals surface area contributed by atoms with Crippen molar-refractivity contribution in [1.82, 2.24) is 0 Å². The topological polar surface area (TPSA) is 43.4 Å². The molecule has 0 spiro atoms. The number of benzene rings is 1. The second kappa shape index (κ2) is 5.34. The van der Waals surface area contributed by atoms with Gasteiger partial charge in [0.1, 0.15) is 5.92 Å². The first-order chi connectivity index (χ1) is 8.69. The van der Waals surface area contributed by atoms with Crippen molar-refractivity contribution in [3.05, 3.63) is 35.4 Å². The van der Waals surface area contributed by atoms with Crippen molar-refractivity contribution < 1.29 is 14.3 Å². The van der Waals surface area contributed by atoms with E-state index in [4.69, 9.17) is 4.74 Å². The summed E-state index contributed by atoms with van der Waals surface area (Å²) in [6.45, 7) is 3.93. The van der Waals surface area contributed by atoms with Gasteiger partial charge in [0, 0.05) is 5.92 Å². The van der Waals surface area contributed by atoms with Crippen LogP contribution in [0, 0.1) is 5.92 Å². The summed E-state index contributed by atoms with van der Waals surface area (Å²) in [4.78, 5) is 24.1. The number of carbonyl (C=O) groups excluding carboxylic acids is 2. The minimum Gasteiger partial charge on any atom is -0.465 e. The third-order valence-electron chi connectivity index (χ3n) is 3.52. The zero-order chi connectivity index (χ0) is 13.1. The monoisotopic (exact) mass is 246 g/mol. The Morgan fingerprint density at radius 3 is 2.67 bits per heavy atom. The molecular weight excluding hydrogens is 228 g/mol. The molecule has 2 unspecified atom stereocenters. The van der Waals surface area contributed by atoms with E-state index in [1.807, 2.05) is 31.2 Å². The lowest BCUT2D eigenvalue weighted by Crippen LogP contribution is -2.35. The number of fused-ring (bicyclic) bond motifs is 1. The summed E-state index contributed by atoms with van der Waals surface area (Å²) in [5.74, 6) is -1.09. The van der Waals surface area contributed by atoms with E-state index in [9.17, 15) is 9.59 Å². The molecule has 3 nitrogen and oxygen atoms in total. The maximum atomic E-state index is 12.3. The summed E-state index contributed by atoms with van der Waals surface area (Å²) in [6, 6.07) is 7.91. The number of rotatable bonds is 5. The highest BCUT2D eigenvalue weighted by Gasteiger charge is 2.38. The van der Waals surface area contributed by atoms with Gasteiger partial charge in [0.2, 0.25) is 0 Å². The summed E-state index contributed by atoms with van der Waals surface area (Å²) in [5.41, 5.74) is 2.29. The number of hydrogen-bond acceptors (Lipinski definition) is 3. The van der Waals surface area contributed by atoms with Crippen molar-refractivity contribution in [2.75, 3.05) is 6.61 Å². The number of Topliss-reactive ketones (excluding diaryl/α,β-unsaturated/α-hetero) is 1. The Balaban J connectivity index is 2.11. The van der Waals surface area contributed by atoms with Crippen LogP contribution >= 0.6 is 0 Å². The molecule has 0 fully saturated rings. The highest BCUT2D eigenvalue weighted by molar-refractivity contribution is 6.03. The highest BCUT2D eigenvalue weighted by atomic mass is 16.5. The van der Waals surface area contributed by atoms with Crippen LogP contribution in [0.3, 0.4) is 0 Å². The van der Waals surface area contributed by atoms with Crippen LogP contribution in [0.2, 0.25) is 0 Å². The number of carbonyl (C=O) groups is 2. The Morgan fingerprint density at radius 1 is 1.33 bits per heavy atom. The van der Waals surface area contributed by atoms with Crippen LogP contribution in [0.4, 0.5) is 0 Å². The number of hydrogen-bond donors (Lipinski definition) is 0. The van der Waals surface area contributed by atoms with Gasteiger partial charge in [-0.2, -0.15) is 0 Å². The predicted octanol–water partition coefficient (Wildman–Crippen LogP) is 2.48. The van der Waals surface area contributed by atoms with Crippen molar-refractivity contribution in [2.45, 2.75) is 32.6 Å². The van der Waals surface area contributed by atoms with E-state index >= 15 is 0 Å². The zero-order valence-corrected chi connectivity index (χ0v) is 10.8. The second-order valence-corrected chi connectivity index (χ2v) is 4.57. The lowest BCUT2D eigenvalue weighted by Gasteiger charge is -2.30. The van der Waals surface area contributed by atoms with E-state index in [2.05, 4.69) is 0 Å². The Kier molecular flexibility index (Phi) is 3.80. The first-order valence-electron chi connectivity index (χ1n) is 6.47. The van der Waals surface area contributed by atoms with Crippen LogP contribution in [-0.4, -0.2) is 18.4 Å². The summed E-state index contributed by atoms with van der Waals surface area (Å²) < 4.78 is 4.96. The van der Waals surface area contributed by atoms with Crippen molar-refractivity contribution in [1.29, 1.82) is 0 Å². The molecule has 0 amide bonds. The summed E-state index contributed by atoms with van der Waals surface area (Å²) in [7, 11) is 0. The van der Waals surface area contributed by atoms with Gasteiger partial charge >= 0.3 is 5.97 Å². The summed E-state index contributed by atoms with van der Waals surface area (Å²) >= 11 is 0. The van der Waals surface area contributed by atoms with Crippen LogP contribution in [0.15, 0.2) is 24.3 Å². The van der Waals surface area contributed by atoms with Gasteiger partial charge in [-0.25, -0.2) is 0 Å². The molecule has 0 aliphatic heterocycles. The van der Waals surface area contributed by atoms with Crippen molar-refractivity contribution >= 4 is 11.8 Å². The Bertz CT molecular complexity index is 465. The first-order valence-corrected chi connectivity index (χ1v) is 6.47. The van der Waals surface area contributed by atoms with Gasteiger partial charge in [-0.1, -0.05) is 31.2 Å². The smallest absolute Gasteiger partial charge is 0.316 e. The van der Waals surface area contributed by atoms with Crippen molar-refractivity contribution in [3.63, 3.8) is 0 Å². The Labute approximate surface area is 107 Å². The lowest BCUT2D eigenvalue weighted by molar-refractivity contribution is -0.152. The minimum atomic E-state index is -0.608. The molecule has 1 aliphatic carbocycles. The van der Waals surface area contributed by atoms with Gasteiger partial charge < -0.3 is 4.74 Å². The number of ether oxygens (including phenoxy) is 1. The predicted molar refractivity (Wildman–Crippen MR) is 68.3 cm³/mol. The molecule has 0 aromatic heterocycles. The van der Waals surface area contributed by atoms with Gasteiger partial charge in [-0.05, 0) is 30.9 Å². The third-order valence-corrected chi connectivity index (χ3v) is 3.52. The van der Waals surface area contributed by atoms with Gasteiger partial charge in [-0.3, -0.25) is 9.59 Å². The lowest BCUT2D eigenvalue weighted by atomic mass is 9.72. The minimum absolute atomic E-state index is 0.00894. The fourth-order valence-corrected chi connectivity index (χ4v) is 2.48. The zero-order valence-electron chi connectivity index (χ0n) is 10.8. The molecule has 2 rings (SSSR count). The molecule has 18 heavy (non-hydrogen) atoms. The van der Waals surface area contributed by atoms with Crippen LogP contribution < -0.4 is 0 Å². The van der Waals surface area contributed by atoms with E-state index in [1.165, 1.54) is 5.56 Å². The van der Waals surface area contributed by atoms with Crippen LogP contribution in [0.1, 0.15) is 37.3 Å². The van der Waals surface area contributed by atoms with Crippen LogP contribution in [0.25, 0.3) is 0 Å². The Hall–Kier alpha value is -1.64.